The van der Waals surface area contributed by atoms with Gasteiger partial charge in [-0.2, -0.15) is 0 Å². The lowest BCUT2D eigenvalue weighted by atomic mass is 9.85. The molecule has 6 heteroatoms. The van der Waals surface area contributed by atoms with Gasteiger partial charge in [-0.15, -0.1) is 0 Å². The molecule has 0 saturated carbocycles. The monoisotopic (exact) mass is 347 g/mol. The minimum atomic E-state index is -1.10. The Morgan fingerprint density at radius 2 is 1.71 bits per heavy atom. The van der Waals surface area contributed by atoms with E-state index in [1.807, 2.05) is 0 Å². The van der Waals surface area contributed by atoms with Crippen LogP contribution in [0.15, 0.2) is 30.3 Å². The molecule has 0 aliphatic rings. The molecule has 1 unspecified atom stereocenters. The highest BCUT2D eigenvalue weighted by Crippen LogP contribution is 2.39. The van der Waals surface area contributed by atoms with Crippen LogP contribution in [0.25, 0.3) is 0 Å². The largest absolute Gasteiger partial charge is 0.496 e. The van der Waals surface area contributed by atoms with Crippen molar-refractivity contribution in [2.45, 2.75) is 12.5 Å². The molecule has 0 aromatic heterocycles. The number of hydrogen-bond acceptors (Lipinski definition) is 2. The smallest absolute Gasteiger partial charge is 0.142 e. The van der Waals surface area contributed by atoms with E-state index in [9.17, 15) is 4.39 Å². The van der Waals surface area contributed by atoms with E-state index in [1.54, 1.807) is 25.1 Å². The lowest BCUT2D eigenvalue weighted by molar-refractivity contribution is 0.398. The van der Waals surface area contributed by atoms with Gasteiger partial charge in [0.2, 0.25) is 0 Å². The van der Waals surface area contributed by atoms with Crippen LogP contribution in [-0.4, -0.2) is 7.11 Å². The lowest BCUT2D eigenvalue weighted by Gasteiger charge is -2.29. The topological polar surface area (TPSA) is 35.2 Å². The number of nitrogens with two attached hydrogens (primary N) is 1. The standard InChI is InChI=1S/C15H13Cl3FNO/c1-15(20,9-6-13(19)12(18)7-11(9)17)10-5-8(16)3-4-14(10)21-2/h3-7H,20H2,1-2H3. The van der Waals surface area contributed by atoms with Crippen LogP contribution in [-0.2, 0) is 5.54 Å². The lowest BCUT2D eigenvalue weighted by Crippen LogP contribution is -2.35. The summed E-state index contributed by atoms with van der Waals surface area (Å²) in [6.45, 7) is 1.70. The molecule has 2 nitrogen and oxygen atoms in total. The van der Waals surface area contributed by atoms with Gasteiger partial charge in [0.05, 0.1) is 17.7 Å². The molecule has 2 aromatic carbocycles. The van der Waals surface area contributed by atoms with Gasteiger partial charge in [0, 0.05) is 15.6 Å². The van der Waals surface area contributed by atoms with Crippen molar-refractivity contribution in [1.82, 2.24) is 0 Å². The predicted octanol–water partition coefficient (Wildman–Crippen LogP) is 5.02. The Morgan fingerprint density at radius 3 is 2.33 bits per heavy atom. The molecule has 0 aliphatic heterocycles. The van der Waals surface area contributed by atoms with Crippen molar-refractivity contribution < 1.29 is 9.13 Å². The van der Waals surface area contributed by atoms with Crippen molar-refractivity contribution in [3.63, 3.8) is 0 Å². The first-order valence-electron chi connectivity index (χ1n) is 6.05. The molecule has 2 aromatic rings. The Bertz CT molecular complexity index is 689. The van der Waals surface area contributed by atoms with Crippen LogP contribution < -0.4 is 10.5 Å². The summed E-state index contributed by atoms with van der Waals surface area (Å²) >= 11 is 17.9. The van der Waals surface area contributed by atoms with E-state index in [4.69, 9.17) is 45.3 Å². The summed E-state index contributed by atoms with van der Waals surface area (Å²) in [4.78, 5) is 0. The zero-order valence-electron chi connectivity index (χ0n) is 11.4. The highest BCUT2D eigenvalue weighted by atomic mass is 35.5. The van der Waals surface area contributed by atoms with Crippen molar-refractivity contribution in [3.8, 4) is 5.75 Å². The average molecular weight is 349 g/mol. The van der Waals surface area contributed by atoms with Crippen LogP contribution in [0.1, 0.15) is 18.1 Å². The SMILES string of the molecule is COc1ccc(Cl)cc1C(C)(N)c1cc(F)c(Cl)cc1Cl. The van der Waals surface area contributed by atoms with Gasteiger partial charge in [0.25, 0.3) is 0 Å². The van der Waals surface area contributed by atoms with Crippen LogP contribution in [0.5, 0.6) is 5.75 Å². The Labute approximate surface area is 137 Å². The maximum atomic E-state index is 13.8. The van der Waals surface area contributed by atoms with Crippen molar-refractivity contribution in [1.29, 1.82) is 0 Å². The highest BCUT2D eigenvalue weighted by Gasteiger charge is 2.30. The normalized spacial score (nSPS) is 13.9. The molecular formula is C15H13Cl3FNO. The van der Waals surface area contributed by atoms with Crippen molar-refractivity contribution in [2.75, 3.05) is 7.11 Å². The van der Waals surface area contributed by atoms with Gasteiger partial charge in [-0.05, 0) is 42.8 Å². The van der Waals surface area contributed by atoms with Crippen molar-refractivity contribution in [3.05, 3.63) is 62.3 Å². The molecule has 21 heavy (non-hydrogen) atoms. The molecule has 0 heterocycles. The fourth-order valence-electron chi connectivity index (χ4n) is 2.15. The predicted molar refractivity (Wildman–Crippen MR) is 85.1 cm³/mol. The summed E-state index contributed by atoms with van der Waals surface area (Å²) in [7, 11) is 1.52. The number of methoxy groups -OCH3 is 1. The fourth-order valence-corrected chi connectivity index (χ4v) is 2.90. The van der Waals surface area contributed by atoms with E-state index in [0.29, 0.717) is 21.9 Å². The highest BCUT2D eigenvalue weighted by molar-refractivity contribution is 6.35. The minimum Gasteiger partial charge on any atom is -0.496 e. The van der Waals surface area contributed by atoms with Gasteiger partial charge in [0.15, 0.2) is 0 Å². The molecular weight excluding hydrogens is 336 g/mol. The van der Waals surface area contributed by atoms with Gasteiger partial charge < -0.3 is 10.5 Å². The summed E-state index contributed by atoms with van der Waals surface area (Å²) in [6.07, 6.45) is 0. The van der Waals surface area contributed by atoms with E-state index in [-0.39, 0.29) is 10.0 Å². The van der Waals surface area contributed by atoms with Crippen LogP contribution in [0.4, 0.5) is 4.39 Å². The quantitative estimate of drug-likeness (QED) is 0.791. The van der Waals surface area contributed by atoms with Gasteiger partial charge in [-0.3, -0.25) is 0 Å². The fraction of sp³-hybridized carbons (Fsp3) is 0.200. The molecule has 0 amide bonds. The third-order valence-electron chi connectivity index (χ3n) is 3.29. The second kappa shape index (κ2) is 6.01. The molecule has 2 rings (SSSR count). The summed E-state index contributed by atoms with van der Waals surface area (Å²) in [6, 6.07) is 7.61. The van der Waals surface area contributed by atoms with Crippen LogP contribution >= 0.6 is 34.8 Å². The molecule has 0 fully saturated rings. The van der Waals surface area contributed by atoms with Crippen LogP contribution in [0, 0.1) is 5.82 Å². The van der Waals surface area contributed by atoms with Crippen molar-refractivity contribution in [2.24, 2.45) is 5.73 Å². The van der Waals surface area contributed by atoms with E-state index in [1.165, 1.54) is 19.2 Å². The number of halogens is 4. The number of rotatable bonds is 3. The molecule has 0 bridgehead atoms. The summed E-state index contributed by atoms with van der Waals surface area (Å²) < 4.78 is 19.1. The van der Waals surface area contributed by atoms with Gasteiger partial charge in [0.1, 0.15) is 11.6 Å². The average Bonchev–Trinajstić information content (AvgIpc) is 2.42. The molecule has 2 N–H and O–H groups in total. The second-order valence-electron chi connectivity index (χ2n) is 4.79. The zero-order chi connectivity index (χ0) is 15.8. The number of hydrogen-bond donors (Lipinski definition) is 1. The van der Waals surface area contributed by atoms with Gasteiger partial charge in [-0.25, -0.2) is 4.39 Å². The number of benzene rings is 2. The Kier molecular flexibility index (Phi) is 4.69. The molecule has 0 radical (unpaired) electrons. The maximum Gasteiger partial charge on any atom is 0.142 e. The first-order chi connectivity index (χ1) is 9.77. The molecule has 1 atom stereocenters. The Balaban J connectivity index is 2.67. The molecule has 0 saturated heterocycles. The van der Waals surface area contributed by atoms with E-state index in [0.717, 1.165) is 0 Å². The van der Waals surface area contributed by atoms with Crippen LogP contribution in [0.3, 0.4) is 0 Å². The summed E-state index contributed by atoms with van der Waals surface area (Å²) in [5, 5.41) is 0.707. The van der Waals surface area contributed by atoms with E-state index >= 15 is 0 Å². The third-order valence-corrected chi connectivity index (χ3v) is 4.13. The van der Waals surface area contributed by atoms with Crippen LogP contribution in [0.2, 0.25) is 15.1 Å². The van der Waals surface area contributed by atoms with Gasteiger partial charge in [-0.1, -0.05) is 34.8 Å². The second-order valence-corrected chi connectivity index (χ2v) is 6.04. The first kappa shape index (κ1) is 16.4. The molecule has 0 aliphatic carbocycles. The minimum absolute atomic E-state index is 0.0578. The van der Waals surface area contributed by atoms with Crippen molar-refractivity contribution >= 4 is 34.8 Å². The number of ether oxygens (including phenoxy) is 1. The first-order valence-corrected chi connectivity index (χ1v) is 7.18. The molecule has 112 valence electrons. The van der Waals surface area contributed by atoms with E-state index in [2.05, 4.69) is 0 Å². The zero-order valence-corrected chi connectivity index (χ0v) is 13.7. The summed E-state index contributed by atoms with van der Waals surface area (Å²) in [5.74, 6) is -0.0513. The van der Waals surface area contributed by atoms with Gasteiger partial charge >= 0.3 is 0 Å². The Morgan fingerprint density at radius 1 is 1.05 bits per heavy atom. The maximum absolute atomic E-state index is 13.8. The Hall–Kier alpha value is -1.00. The molecule has 0 spiro atoms. The van der Waals surface area contributed by atoms with E-state index < -0.39 is 11.4 Å². The summed E-state index contributed by atoms with van der Waals surface area (Å²) in [5.41, 5.74) is 6.29. The third kappa shape index (κ3) is 3.11.